The molecule has 0 bridgehead atoms. The molecule has 1 aromatic carbocycles. The fourth-order valence-corrected chi connectivity index (χ4v) is 2.67. The van der Waals surface area contributed by atoms with E-state index in [1.807, 2.05) is 68.0 Å². The Kier molecular flexibility index (Phi) is 7.85. The predicted molar refractivity (Wildman–Crippen MR) is 107 cm³/mol. The van der Waals surface area contributed by atoms with E-state index < -0.39 is 0 Å². The lowest BCUT2D eigenvalue weighted by Crippen LogP contribution is -2.45. The summed E-state index contributed by atoms with van der Waals surface area (Å²) in [6.45, 7) is 8.75. The van der Waals surface area contributed by atoms with Crippen molar-refractivity contribution in [3.8, 4) is 11.5 Å². The van der Waals surface area contributed by atoms with Gasteiger partial charge in [0.2, 0.25) is 11.8 Å². The maximum absolute atomic E-state index is 12.3. The zero-order chi connectivity index (χ0) is 19.6. The summed E-state index contributed by atoms with van der Waals surface area (Å²) in [6.07, 6.45) is 1.62. The Morgan fingerprint density at radius 1 is 1.19 bits per heavy atom. The van der Waals surface area contributed by atoms with Crippen LogP contribution < -0.4 is 5.32 Å². The van der Waals surface area contributed by atoms with Gasteiger partial charge in [0.1, 0.15) is 12.0 Å². The average Bonchev–Trinajstić information content (AvgIpc) is 3.15. The van der Waals surface area contributed by atoms with Crippen molar-refractivity contribution in [1.29, 1.82) is 0 Å². The Bertz CT molecular complexity index is 738. The SMILES string of the molecule is CCNC(=NCc1coc(-c2ccccc2)n1)N(C)CC(=O)N(CC)CC. The van der Waals surface area contributed by atoms with Gasteiger partial charge in [-0.05, 0) is 32.9 Å². The summed E-state index contributed by atoms with van der Waals surface area (Å²) >= 11 is 0. The topological polar surface area (TPSA) is 74.0 Å². The van der Waals surface area contributed by atoms with E-state index in [4.69, 9.17) is 4.42 Å². The maximum Gasteiger partial charge on any atom is 0.242 e. The van der Waals surface area contributed by atoms with E-state index in [9.17, 15) is 4.79 Å². The van der Waals surface area contributed by atoms with Crippen LogP contribution in [-0.4, -0.2) is 59.9 Å². The van der Waals surface area contributed by atoms with E-state index in [-0.39, 0.29) is 12.5 Å². The molecule has 2 rings (SSSR count). The minimum atomic E-state index is 0.0842. The Balaban J connectivity index is 2.04. The van der Waals surface area contributed by atoms with Crippen LogP contribution in [0.1, 0.15) is 26.5 Å². The standard InChI is InChI=1S/C20H29N5O2/c1-5-21-20(24(4)14-18(26)25(6-2)7-3)22-13-17-15-27-19(23-17)16-11-9-8-10-12-16/h8-12,15H,5-7,13-14H2,1-4H3,(H,21,22). The van der Waals surface area contributed by atoms with Gasteiger partial charge in [-0.3, -0.25) is 4.79 Å². The summed E-state index contributed by atoms with van der Waals surface area (Å²) in [5.41, 5.74) is 1.68. The minimum absolute atomic E-state index is 0.0842. The molecule has 1 heterocycles. The highest BCUT2D eigenvalue weighted by Gasteiger charge is 2.15. The van der Waals surface area contributed by atoms with Crippen molar-refractivity contribution < 1.29 is 9.21 Å². The number of oxazole rings is 1. The lowest BCUT2D eigenvalue weighted by Gasteiger charge is -2.25. The third kappa shape index (κ3) is 5.84. The molecule has 0 atom stereocenters. The lowest BCUT2D eigenvalue weighted by atomic mass is 10.2. The van der Waals surface area contributed by atoms with Crippen LogP contribution >= 0.6 is 0 Å². The molecule has 0 aliphatic rings. The molecule has 27 heavy (non-hydrogen) atoms. The summed E-state index contributed by atoms with van der Waals surface area (Å²) in [7, 11) is 1.86. The van der Waals surface area contributed by atoms with E-state index in [1.165, 1.54) is 0 Å². The number of carbonyl (C=O) groups excluding carboxylic acids is 1. The van der Waals surface area contributed by atoms with Gasteiger partial charge >= 0.3 is 0 Å². The minimum Gasteiger partial charge on any atom is -0.444 e. The maximum atomic E-state index is 12.3. The normalized spacial score (nSPS) is 11.3. The lowest BCUT2D eigenvalue weighted by molar-refractivity contribution is -0.131. The Hall–Kier alpha value is -2.83. The zero-order valence-electron chi connectivity index (χ0n) is 16.6. The van der Waals surface area contributed by atoms with Crippen LogP contribution in [-0.2, 0) is 11.3 Å². The van der Waals surface area contributed by atoms with Crippen LogP contribution in [0.15, 0.2) is 46.0 Å². The molecule has 0 aliphatic heterocycles. The summed E-state index contributed by atoms with van der Waals surface area (Å²) in [5, 5.41) is 3.22. The van der Waals surface area contributed by atoms with Gasteiger partial charge < -0.3 is 19.5 Å². The quantitative estimate of drug-likeness (QED) is 0.570. The highest BCUT2D eigenvalue weighted by Crippen LogP contribution is 2.18. The molecule has 146 valence electrons. The largest absolute Gasteiger partial charge is 0.444 e. The van der Waals surface area contributed by atoms with Crippen LogP contribution in [0, 0.1) is 0 Å². The van der Waals surface area contributed by atoms with Crippen molar-refractivity contribution >= 4 is 11.9 Å². The van der Waals surface area contributed by atoms with E-state index in [0.717, 1.165) is 17.8 Å². The number of likely N-dealkylation sites (N-methyl/N-ethyl adjacent to an activating group) is 2. The highest BCUT2D eigenvalue weighted by atomic mass is 16.3. The average molecular weight is 371 g/mol. The van der Waals surface area contributed by atoms with Crippen molar-refractivity contribution in [3.63, 3.8) is 0 Å². The number of hydrogen-bond donors (Lipinski definition) is 1. The number of carbonyl (C=O) groups is 1. The first-order chi connectivity index (χ1) is 13.1. The number of benzene rings is 1. The second kappa shape index (κ2) is 10.4. The van der Waals surface area contributed by atoms with E-state index in [1.54, 1.807) is 6.26 Å². The van der Waals surface area contributed by atoms with Crippen LogP contribution in [0.3, 0.4) is 0 Å². The third-order valence-electron chi connectivity index (χ3n) is 4.15. The van der Waals surface area contributed by atoms with Crippen molar-refractivity contribution in [2.24, 2.45) is 4.99 Å². The molecule has 0 fully saturated rings. The molecule has 0 spiro atoms. The number of amides is 1. The summed E-state index contributed by atoms with van der Waals surface area (Å²) in [6, 6.07) is 9.76. The van der Waals surface area contributed by atoms with Crippen LogP contribution in [0.2, 0.25) is 0 Å². The second-order valence-corrected chi connectivity index (χ2v) is 6.10. The van der Waals surface area contributed by atoms with Crippen LogP contribution in [0.25, 0.3) is 11.5 Å². The van der Waals surface area contributed by atoms with E-state index in [2.05, 4.69) is 15.3 Å². The zero-order valence-corrected chi connectivity index (χ0v) is 16.6. The number of nitrogens with one attached hydrogen (secondary N) is 1. The number of guanidine groups is 1. The first-order valence-electron chi connectivity index (χ1n) is 9.36. The molecule has 7 nitrogen and oxygen atoms in total. The van der Waals surface area contributed by atoms with Gasteiger partial charge in [0.25, 0.3) is 0 Å². The molecule has 2 aromatic rings. The first-order valence-corrected chi connectivity index (χ1v) is 9.36. The van der Waals surface area contributed by atoms with Crippen molar-refractivity contribution in [3.05, 3.63) is 42.3 Å². The van der Waals surface area contributed by atoms with Crippen LogP contribution in [0.5, 0.6) is 0 Å². The Labute approximate surface area is 161 Å². The first kappa shape index (κ1) is 20.5. The van der Waals surface area contributed by atoms with E-state index in [0.29, 0.717) is 31.5 Å². The number of aromatic nitrogens is 1. The number of hydrogen-bond acceptors (Lipinski definition) is 4. The molecular formula is C20H29N5O2. The third-order valence-corrected chi connectivity index (χ3v) is 4.15. The molecular weight excluding hydrogens is 342 g/mol. The van der Waals surface area contributed by atoms with Crippen molar-refractivity contribution in [1.82, 2.24) is 20.1 Å². The van der Waals surface area contributed by atoms with Gasteiger partial charge in [-0.15, -0.1) is 0 Å². The summed E-state index contributed by atoms with van der Waals surface area (Å²) in [4.78, 5) is 25.1. The molecule has 1 amide bonds. The molecule has 0 unspecified atom stereocenters. The molecule has 0 aliphatic carbocycles. The Morgan fingerprint density at radius 2 is 1.89 bits per heavy atom. The van der Waals surface area contributed by atoms with Gasteiger partial charge in [0, 0.05) is 32.2 Å². The van der Waals surface area contributed by atoms with Gasteiger partial charge in [0.05, 0.1) is 13.1 Å². The van der Waals surface area contributed by atoms with Gasteiger partial charge in [-0.1, -0.05) is 18.2 Å². The molecule has 1 N–H and O–H groups in total. The van der Waals surface area contributed by atoms with Gasteiger partial charge in [-0.2, -0.15) is 0 Å². The van der Waals surface area contributed by atoms with Crippen molar-refractivity contribution in [2.75, 3.05) is 33.2 Å². The van der Waals surface area contributed by atoms with Gasteiger partial charge in [-0.25, -0.2) is 9.98 Å². The fraction of sp³-hybridized carbons (Fsp3) is 0.450. The number of rotatable bonds is 8. The molecule has 0 saturated heterocycles. The second-order valence-electron chi connectivity index (χ2n) is 6.10. The summed E-state index contributed by atoms with van der Waals surface area (Å²) < 4.78 is 5.55. The Morgan fingerprint density at radius 3 is 2.52 bits per heavy atom. The van der Waals surface area contributed by atoms with Gasteiger partial charge in [0.15, 0.2) is 5.96 Å². The monoisotopic (exact) mass is 371 g/mol. The fourth-order valence-electron chi connectivity index (χ4n) is 2.67. The molecule has 7 heteroatoms. The number of aliphatic imine (C=N–C) groups is 1. The predicted octanol–water partition coefficient (Wildman–Crippen LogP) is 2.61. The molecule has 0 radical (unpaired) electrons. The summed E-state index contributed by atoms with van der Waals surface area (Å²) in [5.74, 6) is 1.33. The highest BCUT2D eigenvalue weighted by molar-refractivity contribution is 5.86. The van der Waals surface area contributed by atoms with Crippen molar-refractivity contribution in [2.45, 2.75) is 27.3 Å². The molecule has 0 saturated carbocycles. The number of nitrogens with zero attached hydrogens (tertiary/aromatic N) is 4. The van der Waals surface area contributed by atoms with Crippen LogP contribution in [0.4, 0.5) is 0 Å². The smallest absolute Gasteiger partial charge is 0.242 e. The van der Waals surface area contributed by atoms with E-state index >= 15 is 0 Å². The molecule has 1 aromatic heterocycles.